The van der Waals surface area contributed by atoms with Crippen LogP contribution in [0, 0.1) is 0 Å². The zero-order valence-corrected chi connectivity index (χ0v) is 15.4. The number of nitrogen functional groups attached to an aromatic ring is 1. The van der Waals surface area contributed by atoms with Crippen molar-refractivity contribution in [2.75, 3.05) is 11.1 Å². The lowest BCUT2D eigenvalue weighted by atomic mass is 10.1. The monoisotopic (exact) mass is 390 g/mol. The van der Waals surface area contributed by atoms with Crippen LogP contribution in [0.3, 0.4) is 0 Å². The lowest BCUT2D eigenvalue weighted by Gasteiger charge is -2.11. The van der Waals surface area contributed by atoms with Crippen LogP contribution in [0.5, 0.6) is 11.6 Å². The number of nitrogens with zero attached hydrogens (tertiary/aromatic N) is 2. The maximum absolute atomic E-state index is 12.9. The molecule has 0 aliphatic carbocycles. The minimum Gasteiger partial charge on any atom is -0.439 e. The minimum absolute atomic E-state index is 0.120. The molecule has 0 spiro atoms. The molecule has 0 unspecified atom stereocenters. The lowest BCUT2D eigenvalue weighted by molar-refractivity contribution is 0.102. The normalized spacial score (nSPS) is 10.6. The van der Waals surface area contributed by atoms with Crippen molar-refractivity contribution >= 4 is 39.8 Å². The number of hydrogen-bond acceptors (Lipinski definition) is 5. The van der Waals surface area contributed by atoms with Gasteiger partial charge in [-0.05, 0) is 30.3 Å². The van der Waals surface area contributed by atoms with Crippen molar-refractivity contribution in [3.8, 4) is 11.6 Å². The fourth-order valence-corrected chi connectivity index (χ4v) is 2.95. The van der Waals surface area contributed by atoms with Gasteiger partial charge in [-0.3, -0.25) is 4.79 Å². The number of ether oxygens (including phenoxy) is 1. The molecule has 0 saturated heterocycles. The SMILES string of the molecule is Nc1ccnc(Cl)c1NC(=O)c1cccc2ccc(Oc3ccccc3)nc12. The van der Waals surface area contributed by atoms with Gasteiger partial charge < -0.3 is 15.8 Å². The van der Waals surface area contributed by atoms with Gasteiger partial charge in [0.15, 0.2) is 5.15 Å². The highest BCUT2D eigenvalue weighted by Crippen LogP contribution is 2.28. The predicted molar refractivity (Wildman–Crippen MR) is 110 cm³/mol. The summed E-state index contributed by atoms with van der Waals surface area (Å²) in [7, 11) is 0. The second-order valence-electron chi connectivity index (χ2n) is 5.96. The summed E-state index contributed by atoms with van der Waals surface area (Å²) in [6, 6.07) is 19.8. The summed E-state index contributed by atoms with van der Waals surface area (Å²) in [6.45, 7) is 0. The van der Waals surface area contributed by atoms with Crippen molar-refractivity contribution < 1.29 is 9.53 Å². The van der Waals surface area contributed by atoms with Crippen molar-refractivity contribution in [2.45, 2.75) is 0 Å². The van der Waals surface area contributed by atoms with E-state index in [4.69, 9.17) is 22.1 Å². The quantitative estimate of drug-likeness (QED) is 0.483. The van der Waals surface area contributed by atoms with E-state index in [1.165, 1.54) is 6.20 Å². The Bertz CT molecular complexity index is 1150. The molecule has 6 nitrogen and oxygen atoms in total. The Labute approximate surface area is 165 Å². The molecule has 0 bridgehead atoms. The smallest absolute Gasteiger partial charge is 0.258 e. The number of anilines is 2. The number of hydrogen-bond donors (Lipinski definition) is 2. The number of pyridine rings is 2. The number of nitrogens with two attached hydrogens (primary N) is 1. The van der Waals surface area contributed by atoms with E-state index in [0.29, 0.717) is 28.4 Å². The first-order valence-electron chi connectivity index (χ1n) is 8.46. The zero-order chi connectivity index (χ0) is 19.5. The van der Waals surface area contributed by atoms with Crippen molar-refractivity contribution in [1.29, 1.82) is 0 Å². The number of para-hydroxylation sites is 2. The second-order valence-corrected chi connectivity index (χ2v) is 6.32. The molecule has 0 aliphatic heterocycles. The third-order valence-corrected chi connectivity index (χ3v) is 4.37. The highest BCUT2D eigenvalue weighted by Gasteiger charge is 2.16. The van der Waals surface area contributed by atoms with E-state index in [9.17, 15) is 4.79 Å². The Morgan fingerprint density at radius 2 is 1.82 bits per heavy atom. The number of carbonyl (C=O) groups is 1. The first-order valence-corrected chi connectivity index (χ1v) is 8.83. The van der Waals surface area contributed by atoms with Gasteiger partial charge in [0.05, 0.1) is 16.8 Å². The molecular weight excluding hydrogens is 376 g/mol. The highest BCUT2D eigenvalue weighted by atomic mass is 35.5. The molecule has 1 amide bonds. The van der Waals surface area contributed by atoms with E-state index >= 15 is 0 Å². The first-order chi connectivity index (χ1) is 13.6. The number of aromatic nitrogens is 2. The fourth-order valence-electron chi connectivity index (χ4n) is 2.73. The molecule has 2 aromatic carbocycles. The summed E-state index contributed by atoms with van der Waals surface area (Å²) < 4.78 is 5.78. The van der Waals surface area contributed by atoms with Crippen LogP contribution in [0.25, 0.3) is 10.9 Å². The van der Waals surface area contributed by atoms with Crippen LogP contribution in [0.15, 0.2) is 72.9 Å². The number of fused-ring (bicyclic) bond motifs is 1. The van der Waals surface area contributed by atoms with Crippen molar-refractivity contribution in [3.05, 3.63) is 83.6 Å². The fraction of sp³-hybridized carbons (Fsp3) is 0. The summed E-state index contributed by atoms with van der Waals surface area (Å²) in [6.07, 6.45) is 1.47. The average Bonchev–Trinajstić information content (AvgIpc) is 2.71. The van der Waals surface area contributed by atoms with Gasteiger partial charge in [-0.2, -0.15) is 0 Å². The van der Waals surface area contributed by atoms with Gasteiger partial charge in [0.25, 0.3) is 5.91 Å². The molecule has 4 aromatic rings. The van der Waals surface area contributed by atoms with Crippen molar-refractivity contribution in [3.63, 3.8) is 0 Å². The number of halogens is 1. The Kier molecular flexibility index (Phi) is 4.78. The molecule has 3 N–H and O–H groups in total. The molecule has 0 fully saturated rings. The largest absolute Gasteiger partial charge is 0.439 e. The maximum atomic E-state index is 12.9. The molecule has 0 saturated carbocycles. The molecule has 0 aliphatic rings. The van der Waals surface area contributed by atoms with E-state index in [1.54, 1.807) is 24.3 Å². The van der Waals surface area contributed by atoms with Gasteiger partial charge >= 0.3 is 0 Å². The molecule has 0 radical (unpaired) electrons. The molecular formula is C21H15ClN4O2. The molecule has 138 valence electrons. The maximum Gasteiger partial charge on any atom is 0.258 e. The van der Waals surface area contributed by atoms with Crippen LogP contribution < -0.4 is 15.8 Å². The van der Waals surface area contributed by atoms with Crippen LogP contribution in [0.4, 0.5) is 11.4 Å². The number of benzene rings is 2. The number of amides is 1. The van der Waals surface area contributed by atoms with E-state index in [0.717, 1.165) is 5.39 Å². The molecule has 2 heterocycles. The summed E-state index contributed by atoms with van der Waals surface area (Å²) in [5.74, 6) is 0.653. The summed E-state index contributed by atoms with van der Waals surface area (Å²) in [5, 5.41) is 3.64. The van der Waals surface area contributed by atoms with Crippen LogP contribution in [-0.2, 0) is 0 Å². The predicted octanol–water partition coefficient (Wildman–Crippen LogP) is 4.91. The molecule has 7 heteroatoms. The van der Waals surface area contributed by atoms with E-state index < -0.39 is 5.91 Å². The van der Waals surface area contributed by atoms with Gasteiger partial charge in [0, 0.05) is 17.6 Å². The minimum atomic E-state index is -0.392. The summed E-state index contributed by atoms with van der Waals surface area (Å²) in [4.78, 5) is 21.3. The van der Waals surface area contributed by atoms with Gasteiger partial charge in [0.1, 0.15) is 11.4 Å². The van der Waals surface area contributed by atoms with Gasteiger partial charge in [0.2, 0.25) is 5.88 Å². The zero-order valence-electron chi connectivity index (χ0n) is 14.6. The van der Waals surface area contributed by atoms with Crippen LogP contribution in [0.2, 0.25) is 5.15 Å². The topological polar surface area (TPSA) is 90.1 Å². The van der Waals surface area contributed by atoms with Crippen molar-refractivity contribution in [2.24, 2.45) is 0 Å². The average molecular weight is 391 g/mol. The Balaban J connectivity index is 1.70. The number of carbonyl (C=O) groups excluding carboxylic acids is 1. The molecule has 28 heavy (non-hydrogen) atoms. The number of rotatable bonds is 4. The second kappa shape index (κ2) is 7.54. The summed E-state index contributed by atoms with van der Waals surface area (Å²) in [5.41, 5.74) is 7.37. The summed E-state index contributed by atoms with van der Waals surface area (Å²) >= 11 is 6.05. The van der Waals surface area contributed by atoms with E-state index in [1.807, 2.05) is 42.5 Å². The van der Waals surface area contributed by atoms with E-state index in [2.05, 4.69) is 15.3 Å². The Morgan fingerprint density at radius 1 is 1.00 bits per heavy atom. The van der Waals surface area contributed by atoms with E-state index in [-0.39, 0.29) is 10.8 Å². The number of nitrogens with one attached hydrogen (secondary N) is 1. The van der Waals surface area contributed by atoms with Crippen LogP contribution in [-0.4, -0.2) is 15.9 Å². The van der Waals surface area contributed by atoms with Crippen LogP contribution in [0.1, 0.15) is 10.4 Å². The van der Waals surface area contributed by atoms with Gasteiger partial charge in [-0.15, -0.1) is 0 Å². The first kappa shape index (κ1) is 17.8. The third-order valence-electron chi connectivity index (χ3n) is 4.08. The lowest BCUT2D eigenvalue weighted by Crippen LogP contribution is -2.15. The Morgan fingerprint density at radius 3 is 2.61 bits per heavy atom. The van der Waals surface area contributed by atoms with Gasteiger partial charge in [-0.1, -0.05) is 41.9 Å². The standard InChI is InChI=1S/C21H15ClN4O2/c22-20-19(16(23)11-12-24-20)26-21(27)15-8-4-5-13-9-10-17(25-18(13)15)28-14-6-2-1-3-7-14/h1-12H,(H2,23,24)(H,26,27). The Hall–Kier alpha value is -3.64. The highest BCUT2D eigenvalue weighted by molar-refractivity contribution is 6.33. The molecule has 4 rings (SSSR count). The third kappa shape index (κ3) is 3.58. The molecule has 0 atom stereocenters. The van der Waals surface area contributed by atoms with Crippen LogP contribution >= 0.6 is 11.6 Å². The molecule has 2 aromatic heterocycles. The van der Waals surface area contributed by atoms with Crippen molar-refractivity contribution in [1.82, 2.24) is 9.97 Å². The van der Waals surface area contributed by atoms with Gasteiger partial charge in [-0.25, -0.2) is 9.97 Å².